The minimum Gasteiger partial charge on any atom is -0.318 e. The molecule has 8 rings (SSSR count). The highest BCUT2D eigenvalue weighted by molar-refractivity contribution is 6.09. The summed E-state index contributed by atoms with van der Waals surface area (Å²) in [5, 5.41) is 13.0. The molecule has 2 N–H and O–H groups in total. The predicted octanol–water partition coefficient (Wildman–Crippen LogP) is 8.74. The zero-order valence-electron chi connectivity index (χ0n) is 23.9. The normalized spacial score (nSPS) is 16.2. The zero-order valence-corrected chi connectivity index (χ0v) is 23.9. The maximum atomic E-state index is 10.5. The summed E-state index contributed by atoms with van der Waals surface area (Å²) in [6, 6.07) is 57.2. The van der Waals surface area contributed by atoms with Crippen LogP contribution in [0, 0.1) is 11.3 Å². The standard InChI is InChI=1S/C40H28N4/c41-27-36-39(30-11-3-1-4-12-30)42-43-40(36,31-13-5-2-6-14-31)32-23-19-28(20-24-32)29-21-25-33(26-22-29)44-37-17-9-7-15-34(37)35-16-8-10-18-38(35)44/h1-26,42-43H. The number of hydrogen-bond acceptors (Lipinski definition) is 3. The van der Waals surface area contributed by atoms with Gasteiger partial charge in [-0.15, -0.1) is 0 Å². The highest BCUT2D eigenvalue weighted by atomic mass is 15.4. The van der Waals surface area contributed by atoms with Crippen LogP contribution in [0.3, 0.4) is 0 Å². The molecule has 1 aromatic heterocycles. The van der Waals surface area contributed by atoms with E-state index >= 15 is 0 Å². The lowest BCUT2D eigenvalue weighted by Gasteiger charge is -2.31. The maximum absolute atomic E-state index is 10.5. The van der Waals surface area contributed by atoms with Gasteiger partial charge >= 0.3 is 0 Å². The number of aromatic nitrogens is 1. The van der Waals surface area contributed by atoms with Gasteiger partial charge in [0.15, 0.2) is 0 Å². The van der Waals surface area contributed by atoms with Crippen molar-refractivity contribution in [2.75, 3.05) is 0 Å². The lowest BCUT2D eigenvalue weighted by molar-refractivity contribution is 0.479. The van der Waals surface area contributed by atoms with Gasteiger partial charge in [-0.05, 0) is 46.5 Å². The highest BCUT2D eigenvalue weighted by Crippen LogP contribution is 2.43. The van der Waals surface area contributed by atoms with Crippen molar-refractivity contribution in [3.63, 3.8) is 0 Å². The topological polar surface area (TPSA) is 52.8 Å². The van der Waals surface area contributed by atoms with Gasteiger partial charge in [-0.1, -0.05) is 133 Å². The second-order valence-electron chi connectivity index (χ2n) is 11.1. The molecule has 0 saturated carbocycles. The van der Waals surface area contributed by atoms with Crippen LogP contribution in [0.5, 0.6) is 0 Å². The summed E-state index contributed by atoms with van der Waals surface area (Å²) in [5.74, 6) is 0. The second kappa shape index (κ2) is 10.4. The number of nitrogens with one attached hydrogen (secondary N) is 2. The molecule has 0 fully saturated rings. The molecule has 0 bridgehead atoms. The van der Waals surface area contributed by atoms with Gasteiger partial charge in [0.25, 0.3) is 0 Å². The molecule has 1 atom stereocenters. The first-order chi connectivity index (χ1) is 21.8. The Balaban J connectivity index is 1.19. The first-order valence-corrected chi connectivity index (χ1v) is 14.8. The zero-order chi connectivity index (χ0) is 29.5. The van der Waals surface area contributed by atoms with Crippen molar-refractivity contribution < 1.29 is 0 Å². The molecule has 6 aromatic carbocycles. The predicted molar refractivity (Wildman–Crippen MR) is 179 cm³/mol. The smallest absolute Gasteiger partial charge is 0.124 e. The van der Waals surface area contributed by atoms with E-state index in [1.165, 1.54) is 21.8 Å². The van der Waals surface area contributed by atoms with Crippen LogP contribution in [-0.2, 0) is 5.54 Å². The quantitative estimate of drug-likeness (QED) is 0.220. The van der Waals surface area contributed by atoms with Crippen LogP contribution in [0.25, 0.3) is 44.3 Å². The summed E-state index contributed by atoms with van der Waals surface area (Å²) in [5.41, 5.74) is 16.2. The molecular weight excluding hydrogens is 536 g/mol. The largest absolute Gasteiger partial charge is 0.318 e. The number of para-hydroxylation sites is 2. The first kappa shape index (κ1) is 25.8. The van der Waals surface area contributed by atoms with Gasteiger partial charge in [-0.2, -0.15) is 5.26 Å². The maximum Gasteiger partial charge on any atom is 0.124 e. The van der Waals surface area contributed by atoms with Crippen molar-refractivity contribution in [3.05, 3.63) is 180 Å². The Morgan fingerprint density at radius 3 is 1.59 bits per heavy atom. The summed E-state index contributed by atoms with van der Waals surface area (Å²) < 4.78 is 2.33. The van der Waals surface area contributed by atoms with E-state index in [4.69, 9.17) is 0 Å². The molecule has 7 aromatic rings. The molecule has 4 heteroatoms. The molecule has 4 nitrogen and oxygen atoms in total. The van der Waals surface area contributed by atoms with Crippen LogP contribution < -0.4 is 10.9 Å². The highest BCUT2D eigenvalue weighted by Gasteiger charge is 2.45. The van der Waals surface area contributed by atoms with Gasteiger partial charge in [-0.25, -0.2) is 5.43 Å². The average molecular weight is 565 g/mol. The fraction of sp³-hybridized carbons (Fsp3) is 0.0250. The number of rotatable bonds is 5. The van der Waals surface area contributed by atoms with Gasteiger partial charge in [0.2, 0.25) is 0 Å². The Kier molecular flexibility index (Phi) is 6.11. The van der Waals surface area contributed by atoms with E-state index in [1.54, 1.807) is 0 Å². The van der Waals surface area contributed by atoms with E-state index in [1.807, 2.05) is 48.5 Å². The van der Waals surface area contributed by atoms with E-state index in [9.17, 15) is 5.26 Å². The van der Waals surface area contributed by atoms with Crippen molar-refractivity contribution in [2.45, 2.75) is 5.54 Å². The third kappa shape index (κ3) is 3.95. The molecule has 208 valence electrons. The molecule has 1 aliphatic rings. The SMILES string of the molecule is N#CC1=C(c2ccccc2)NNC1(c1ccccc1)c1ccc(-c2ccc(-n3c4ccccc4c4ccccc43)cc2)cc1. The summed E-state index contributed by atoms with van der Waals surface area (Å²) in [4.78, 5) is 0. The number of fused-ring (bicyclic) bond motifs is 3. The number of benzene rings is 6. The van der Waals surface area contributed by atoms with Gasteiger partial charge in [0.1, 0.15) is 5.54 Å². The van der Waals surface area contributed by atoms with E-state index < -0.39 is 5.54 Å². The Labute approximate surface area is 256 Å². The summed E-state index contributed by atoms with van der Waals surface area (Å²) >= 11 is 0. The van der Waals surface area contributed by atoms with Gasteiger partial charge in [0, 0.05) is 22.0 Å². The van der Waals surface area contributed by atoms with E-state index in [-0.39, 0.29) is 0 Å². The van der Waals surface area contributed by atoms with Gasteiger partial charge in [-0.3, -0.25) is 0 Å². The number of hydrazine groups is 1. The summed E-state index contributed by atoms with van der Waals surface area (Å²) in [6.45, 7) is 0. The van der Waals surface area contributed by atoms with Crippen LogP contribution in [0.4, 0.5) is 0 Å². The Morgan fingerprint density at radius 1 is 0.500 bits per heavy atom. The van der Waals surface area contributed by atoms with E-state index in [2.05, 4.69) is 131 Å². The fourth-order valence-corrected chi connectivity index (χ4v) is 6.63. The van der Waals surface area contributed by atoms with Gasteiger partial charge < -0.3 is 9.99 Å². The summed E-state index contributed by atoms with van der Waals surface area (Å²) in [7, 11) is 0. The van der Waals surface area contributed by atoms with Crippen molar-refractivity contribution in [2.24, 2.45) is 0 Å². The molecule has 1 unspecified atom stereocenters. The van der Waals surface area contributed by atoms with Crippen LogP contribution in [-0.4, -0.2) is 4.57 Å². The lowest BCUT2D eigenvalue weighted by atomic mass is 9.77. The molecule has 0 radical (unpaired) electrons. The monoisotopic (exact) mass is 564 g/mol. The molecule has 2 heterocycles. The lowest BCUT2D eigenvalue weighted by Crippen LogP contribution is -2.45. The Bertz CT molecular complexity index is 2150. The molecule has 0 amide bonds. The van der Waals surface area contributed by atoms with E-state index in [0.717, 1.165) is 39.2 Å². The minimum absolute atomic E-state index is 0.637. The van der Waals surface area contributed by atoms with Crippen LogP contribution in [0.1, 0.15) is 16.7 Å². The molecule has 0 saturated heterocycles. The number of nitriles is 1. The number of nitrogens with zero attached hydrogens (tertiary/aromatic N) is 2. The fourth-order valence-electron chi connectivity index (χ4n) is 6.63. The van der Waals surface area contributed by atoms with Crippen molar-refractivity contribution >= 4 is 27.5 Å². The molecule has 0 spiro atoms. The van der Waals surface area contributed by atoms with Gasteiger partial charge in [0.05, 0.1) is 28.4 Å². The van der Waals surface area contributed by atoms with Crippen molar-refractivity contribution in [3.8, 4) is 22.9 Å². The molecule has 1 aliphatic heterocycles. The van der Waals surface area contributed by atoms with Crippen molar-refractivity contribution in [1.29, 1.82) is 5.26 Å². The Morgan fingerprint density at radius 2 is 1.00 bits per heavy atom. The third-order valence-electron chi connectivity index (χ3n) is 8.74. The Hall–Kier alpha value is -5.89. The second-order valence-corrected chi connectivity index (χ2v) is 11.1. The van der Waals surface area contributed by atoms with Crippen molar-refractivity contribution in [1.82, 2.24) is 15.4 Å². The molecule has 44 heavy (non-hydrogen) atoms. The minimum atomic E-state index is -0.833. The van der Waals surface area contributed by atoms with Crippen LogP contribution >= 0.6 is 0 Å². The third-order valence-corrected chi connectivity index (χ3v) is 8.74. The first-order valence-electron chi connectivity index (χ1n) is 14.8. The molecular formula is C40H28N4. The van der Waals surface area contributed by atoms with Crippen LogP contribution in [0.15, 0.2) is 163 Å². The summed E-state index contributed by atoms with van der Waals surface area (Å²) in [6.07, 6.45) is 0. The molecule has 0 aliphatic carbocycles. The number of hydrogen-bond donors (Lipinski definition) is 2. The van der Waals surface area contributed by atoms with Crippen LogP contribution in [0.2, 0.25) is 0 Å². The average Bonchev–Trinajstić information content (AvgIpc) is 3.66. The van der Waals surface area contributed by atoms with E-state index in [0.29, 0.717) is 5.57 Å².